The monoisotopic (exact) mass is 352 g/mol. The van der Waals surface area contributed by atoms with Gasteiger partial charge in [-0.15, -0.1) is 0 Å². The number of hydrogen-bond acceptors (Lipinski definition) is 1. The van der Waals surface area contributed by atoms with E-state index in [0.717, 1.165) is 19.6 Å². The molecule has 1 aliphatic heterocycles. The molecule has 0 amide bonds. The van der Waals surface area contributed by atoms with Crippen LogP contribution in [0.1, 0.15) is 63.1 Å². The predicted molar refractivity (Wildman–Crippen MR) is 108 cm³/mol. The molecule has 2 nitrogen and oxygen atoms in total. The van der Waals surface area contributed by atoms with Crippen molar-refractivity contribution >= 4 is 0 Å². The molecule has 1 fully saturated rings. The molecule has 0 radical (unpaired) electrons. The zero-order valence-corrected chi connectivity index (χ0v) is 16.5. The maximum atomic E-state index is 5.97. The Labute approximate surface area is 159 Å². The normalized spacial score (nSPS) is 21.9. The third-order valence-electron chi connectivity index (χ3n) is 5.86. The van der Waals surface area contributed by atoms with Gasteiger partial charge in [-0.25, -0.2) is 0 Å². The highest BCUT2D eigenvalue weighted by Gasteiger charge is 2.34. The van der Waals surface area contributed by atoms with Gasteiger partial charge in [0.05, 0.1) is 12.1 Å². The molecule has 0 unspecified atom stereocenters. The molecule has 0 aliphatic carbocycles. The molecule has 2 N–H and O–H groups in total. The average molecular weight is 353 g/mol. The fourth-order valence-corrected chi connectivity index (χ4v) is 4.42. The van der Waals surface area contributed by atoms with Crippen LogP contribution >= 0.6 is 0 Å². The van der Waals surface area contributed by atoms with Crippen molar-refractivity contribution in [3.63, 3.8) is 0 Å². The van der Waals surface area contributed by atoms with E-state index in [9.17, 15) is 0 Å². The van der Waals surface area contributed by atoms with Crippen LogP contribution in [0.5, 0.6) is 0 Å². The summed E-state index contributed by atoms with van der Waals surface area (Å²) in [6, 6.07) is 22.5. The van der Waals surface area contributed by atoms with Crippen LogP contribution in [0.4, 0.5) is 0 Å². The first-order chi connectivity index (χ1) is 12.6. The highest BCUT2D eigenvalue weighted by atomic mass is 16.5. The van der Waals surface area contributed by atoms with Crippen molar-refractivity contribution in [1.82, 2.24) is 0 Å². The van der Waals surface area contributed by atoms with E-state index >= 15 is 0 Å². The third-order valence-corrected chi connectivity index (χ3v) is 5.86. The van der Waals surface area contributed by atoms with E-state index in [2.05, 4.69) is 86.8 Å². The molecule has 140 valence electrons. The molecule has 1 saturated heterocycles. The molecule has 1 aliphatic rings. The second-order valence-corrected chi connectivity index (χ2v) is 8.39. The van der Waals surface area contributed by atoms with Crippen LogP contribution < -0.4 is 5.32 Å². The maximum absolute atomic E-state index is 5.97. The van der Waals surface area contributed by atoms with Crippen LogP contribution in [0, 0.1) is 5.92 Å². The van der Waals surface area contributed by atoms with Crippen molar-refractivity contribution in [1.29, 1.82) is 0 Å². The Hall–Kier alpha value is -1.64. The van der Waals surface area contributed by atoms with Crippen molar-refractivity contribution in [3.8, 4) is 0 Å². The Morgan fingerprint density at radius 1 is 1.00 bits per heavy atom. The van der Waals surface area contributed by atoms with E-state index in [1.807, 2.05) is 0 Å². The average Bonchev–Trinajstić information content (AvgIpc) is 2.65. The van der Waals surface area contributed by atoms with Gasteiger partial charge in [0.1, 0.15) is 6.04 Å². The van der Waals surface area contributed by atoms with Gasteiger partial charge < -0.3 is 10.1 Å². The van der Waals surface area contributed by atoms with Crippen molar-refractivity contribution in [2.75, 3.05) is 13.2 Å². The molecule has 26 heavy (non-hydrogen) atoms. The highest BCUT2D eigenvalue weighted by Crippen LogP contribution is 2.39. The molecule has 0 aromatic heterocycles. The highest BCUT2D eigenvalue weighted by molar-refractivity contribution is 5.21. The molecule has 2 aromatic carbocycles. The Kier molecular flexibility index (Phi) is 6.50. The lowest BCUT2D eigenvalue weighted by molar-refractivity contribution is -0.693. The second kappa shape index (κ2) is 8.83. The van der Waals surface area contributed by atoms with Gasteiger partial charge in [-0.2, -0.15) is 0 Å². The van der Waals surface area contributed by atoms with Crippen LogP contribution in [0.3, 0.4) is 0 Å². The van der Waals surface area contributed by atoms with E-state index in [0.29, 0.717) is 17.9 Å². The molecule has 3 atom stereocenters. The van der Waals surface area contributed by atoms with E-state index in [1.54, 1.807) is 0 Å². The van der Waals surface area contributed by atoms with Gasteiger partial charge in [0.25, 0.3) is 0 Å². The summed E-state index contributed by atoms with van der Waals surface area (Å²) >= 11 is 0. The molecule has 0 bridgehead atoms. The summed E-state index contributed by atoms with van der Waals surface area (Å²) in [4.78, 5) is 0. The molecular formula is C24H34NO+. The first kappa shape index (κ1) is 19.1. The van der Waals surface area contributed by atoms with Crippen molar-refractivity contribution in [2.45, 2.75) is 57.6 Å². The van der Waals surface area contributed by atoms with Crippen LogP contribution in [0.15, 0.2) is 60.7 Å². The molecule has 1 heterocycles. The largest absolute Gasteiger partial charge is 0.376 e. The summed E-state index contributed by atoms with van der Waals surface area (Å²) in [7, 11) is 0. The zero-order chi connectivity index (χ0) is 18.4. The van der Waals surface area contributed by atoms with Crippen LogP contribution in [-0.2, 0) is 4.74 Å². The molecule has 2 heteroatoms. The predicted octanol–water partition coefficient (Wildman–Crippen LogP) is 4.69. The Balaban J connectivity index is 1.64. The van der Waals surface area contributed by atoms with Crippen molar-refractivity contribution in [3.05, 3.63) is 71.8 Å². The summed E-state index contributed by atoms with van der Waals surface area (Å²) in [6.07, 6.45) is 3.56. The molecular weight excluding hydrogens is 318 g/mol. The number of ether oxygens (including phenoxy) is 1. The van der Waals surface area contributed by atoms with Gasteiger partial charge in [-0.3, -0.25) is 0 Å². The van der Waals surface area contributed by atoms with Gasteiger partial charge >= 0.3 is 0 Å². The molecule has 2 aromatic rings. The minimum absolute atomic E-state index is 0.0109. The van der Waals surface area contributed by atoms with E-state index in [4.69, 9.17) is 4.74 Å². The summed E-state index contributed by atoms with van der Waals surface area (Å²) in [6.45, 7) is 8.85. The number of nitrogens with two attached hydrogens (primary N) is 1. The van der Waals surface area contributed by atoms with Crippen LogP contribution in [0.25, 0.3) is 0 Å². The van der Waals surface area contributed by atoms with Crippen molar-refractivity contribution < 1.29 is 10.1 Å². The third kappa shape index (κ3) is 5.18. The first-order valence-corrected chi connectivity index (χ1v) is 10.1. The number of benzene rings is 2. The van der Waals surface area contributed by atoms with E-state index in [-0.39, 0.29) is 5.60 Å². The summed E-state index contributed by atoms with van der Waals surface area (Å²) in [5.41, 5.74) is 2.92. The van der Waals surface area contributed by atoms with Gasteiger partial charge in [0.2, 0.25) is 0 Å². The lowest BCUT2D eigenvalue weighted by Crippen LogP contribution is -2.84. The van der Waals surface area contributed by atoms with E-state index < -0.39 is 0 Å². The van der Waals surface area contributed by atoms with Gasteiger partial charge in [0.15, 0.2) is 0 Å². The SMILES string of the molecule is C[C@H]([NH2+]CC[C@H](c1ccccc1)[C@@H]1CCOC(C)(C)C1)c1ccccc1. The topological polar surface area (TPSA) is 25.8 Å². The standard InChI is InChI=1S/C24H33NO/c1-19(20-10-6-4-7-11-20)25-16-14-23(21-12-8-5-9-13-21)22-15-17-26-24(2,3)18-22/h4-13,19,22-23,25H,14-18H2,1-3H3/p+1/t19-,22+,23+/m0/s1. The molecule has 3 rings (SSSR count). The smallest absolute Gasteiger partial charge is 0.109 e. The quantitative estimate of drug-likeness (QED) is 0.768. The summed E-state index contributed by atoms with van der Waals surface area (Å²) in [5, 5.41) is 2.50. The fraction of sp³-hybridized carbons (Fsp3) is 0.500. The van der Waals surface area contributed by atoms with Gasteiger partial charge in [-0.1, -0.05) is 60.7 Å². The first-order valence-electron chi connectivity index (χ1n) is 10.1. The van der Waals surface area contributed by atoms with Crippen molar-refractivity contribution in [2.24, 2.45) is 5.92 Å². The number of rotatable bonds is 7. The van der Waals surface area contributed by atoms with Crippen LogP contribution in [0.2, 0.25) is 0 Å². The lowest BCUT2D eigenvalue weighted by atomic mass is 9.75. The lowest BCUT2D eigenvalue weighted by Gasteiger charge is -2.39. The minimum atomic E-state index is 0.0109. The van der Waals surface area contributed by atoms with Gasteiger partial charge in [0, 0.05) is 18.6 Å². The maximum Gasteiger partial charge on any atom is 0.109 e. The molecule has 0 spiro atoms. The Bertz CT molecular complexity index is 652. The Morgan fingerprint density at radius 3 is 2.23 bits per heavy atom. The van der Waals surface area contributed by atoms with E-state index in [1.165, 1.54) is 24.0 Å². The summed E-state index contributed by atoms with van der Waals surface area (Å²) in [5.74, 6) is 1.33. The molecule has 0 saturated carbocycles. The van der Waals surface area contributed by atoms with Gasteiger partial charge in [-0.05, 0) is 51.0 Å². The Morgan fingerprint density at radius 2 is 1.62 bits per heavy atom. The number of quaternary nitrogens is 1. The zero-order valence-electron chi connectivity index (χ0n) is 16.5. The summed E-state index contributed by atoms with van der Waals surface area (Å²) < 4.78 is 5.97. The second-order valence-electron chi connectivity index (χ2n) is 8.39. The van der Waals surface area contributed by atoms with Crippen LogP contribution in [-0.4, -0.2) is 18.8 Å². The minimum Gasteiger partial charge on any atom is -0.376 e. The number of hydrogen-bond donors (Lipinski definition) is 1. The fourth-order valence-electron chi connectivity index (χ4n) is 4.42.